The van der Waals surface area contributed by atoms with Crippen LogP contribution >= 0.6 is 0 Å². The first kappa shape index (κ1) is 15.3. The van der Waals surface area contributed by atoms with E-state index in [9.17, 15) is 12.8 Å². The molecule has 1 fully saturated rings. The van der Waals surface area contributed by atoms with Crippen LogP contribution in [-0.2, 0) is 10.0 Å². The van der Waals surface area contributed by atoms with Crippen molar-refractivity contribution in [2.75, 3.05) is 5.73 Å². The Balaban J connectivity index is 2.55. The summed E-state index contributed by atoms with van der Waals surface area (Å²) in [5.41, 5.74) is 5.86. The Hall–Kier alpha value is -1.14. The number of nitrogens with zero attached hydrogens (tertiary/aromatic N) is 1. The lowest BCUT2D eigenvalue weighted by atomic mass is 10.0. The van der Waals surface area contributed by atoms with Gasteiger partial charge in [-0.25, -0.2) is 12.8 Å². The first-order valence-electron chi connectivity index (χ1n) is 6.84. The van der Waals surface area contributed by atoms with Gasteiger partial charge < -0.3 is 5.73 Å². The molecule has 1 aliphatic heterocycles. The molecule has 2 N–H and O–H groups in total. The van der Waals surface area contributed by atoms with E-state index in [4.69, 9.17) is 5.73 Å². The van der Waals surface area contributed by atoms with Crippen LogP contribution in [0, 0.1) is 12.7 Å². The lowest BCUT2D eigenvalue weighted by molar-refractivity contribution is 0.204. The van der Waals surface area contributed by atoms with E-state index >= 15 is 0 Å². The molecule has 0 aliphatic carbocycles. The largest absolute Gasteiger partial charge is 0.399 e. The minimum Gasteiger partial charge on any atom is -0.399 e. The van der Waals surface area contributed by atoms with Crippen LogP contribution in [0.2, 0.25) is 0 Å². The molecule has 2 rings (SSSR count). The van der Waals surface area contributed by atoms with E-state index in [1.54, 1.807) is 0 Å². The second-order valence-electron chi connectivity index (χ2n) is 5.59. The van der Waals surface area contributed by atoms with E-state index in [0.717, 1.165) is 25.3 Å². The molecular weight excluding hydrogens is 279 g/mol. The monoisotopic (exact) mass is 300 g/mol. The van der Waals surface area contributed by atoms with Gasteiger partial charge in [-0.05, 0) is 45.7 Å². The van der Waals surface area contributed by atoms with E-state index in [1.165, 1.54) is 17.3 Å². The number of hydrogen-bond donors (Lipinski definition) is 1. The van der Waals surface area contributed by atoms with Crippen molar-refractivity contribution in [1.29, 1.82) is 0 Å². The highest BCUT2D eigenvalue weighted by molar-refractivity contribution is 7.89. The number of piperidine rings is 1. The minimum atomic E-state index is -3.72. The lowest BCUT2D eigenvalue weighted by Crippen LogP contribution is -2.47. The summed E-state index contributed by atoms with van der Waals surface area (Å²) < 4.78 is 40.9. The molecule has 0 radical (unpaired) electrons. The summed E-state index contributed by atoms with van der Waals surface area (Å²) in [4.78, 5) is -0.0180. The number of halogens is 1. The van der Waals surface area contributed by atoms with Crippen molar-refractivity contribution in [3.05, 3.63) is 23.5 Å². The Morgan fingerprint density at radius 1 is 1.25 bits per heavy atom. The van der Waals surface area contributed by atoms with Crippen LogP contribution in [0.4, 0.5) is 10.1 Å². The van der Waals surface area contributed by atoms with Crippen LogP contribution in [0.1, 0.15) is 38.7 Å². The molecule has 0 bridgehead atoms. The topological polar surface area (TPSA) is 63.4 Å². The van der Waals surface area contributed by atoms with Gasteiger partial charge in [-0.15, -0.1) is 0 Å². The summed E-state index contributed by atoms with van der Waals surface area (Å²) in [5.74, 6) is -0.583. The summed E-state index contributed by atoms with van der Waals surface area (Å²) in [6, 6.07) is 2.35. The molecule has 1 heterocycles. The molecule has 0 saturated carbocycles. The molecule has 1 aromatic rings. The first-order chi connectivity index (χ1) is 9.25. The number of anilines is 1. The summed E-state index contributed by atoms with van der Waals surface area (Å²) in [5, 5.41) is 0. The maximum Gasteiger partial charge on any atom is 0.244 e. The average molecular weight is 300 g/mol. The Morgan fingerprint density at radius 2 is 1.80 bits per heavy atom. The molecule has 0 aromatic heterocycles. The number of sulfonamides is 1. The van der Waals surface area contributed by atoms with E-state index < -0.39 is 15.8 Å². The van der Waals surface area contributed by atoms with Crippen molar-refractivity contribution in [2.45, 2.75) is 57.0 Å². The van der Waals surface area contributed by atoms with Gasteiger partial charge in [0.05, 0.1) is 4.90 Å². The van der Waals surface area contributed by atoms with Gasteiger partial charge in [0.15, 0.2) is 0 Å². The highest BCUT2D eigenvalue weighted by Gasteiger charge is 2.36. The summed E-state index contributed by atoms with van der Waals surface area (Å²) in [6.45, 7) is 5.26. The Morgan fingerprint density at radius 3 is 2.35 bits per heavy atom. The van der Waals surface area contributed by atoms with Crippen molar-refractivity contribution in [3.63, 3.8) is 0 Å². The van der Waals surface area contributed by atoms with Crippen molar-refractivity contribution in [2.24, 2.45) is 0 Å². The molecule has 112 valence electrons. The van der Waals surface area contributed by atoms with Gasteiger partial charge in [-0.1, -0.05) is 6.42 Å². The number of hydrogen-bond acceptors (Lipinski definition) is 3. The normalized spacial score (nSPS) is 24.8. The smallest absolute Gasteiger partial charge is 0.244 e. The number of nitrogens with two attached hydrogens (primary N) is 1. The third-order valence-electron chi connectivity index (χ3n) is 3.99. The van der Waals surface area contributed by atoms with Crippen LogP contribution < -0.4 is 5.73 Å². The van der Waals surface area contributed by atoms with Crippen LogP contribution in [0.5, 0.6) is 0 Å². The SMILES string of the molecule is Cc1c(F)cc(N)cc1S(=O)(=O)N1[C@H](C)CCC[C@@H]1C. The van der Waals surface area contributed by atoms with E-state index in [1.807, 2.05) is 13.8 Å². The van der Waals surface area contributed by atoms with Gasteiger partial charge >= 0.3 is 0 Å². The maximum absolute atomic E-state index is 13.8. The van der Waals surface area contributed by atoms with Crippen molar-refractivity contribution >= 4 is 15.7 Å². The third kappa shape index (κ3) is 2.54. The standard InChI is InChI=1S/C14H21FN2O2S/c1-9-5-4-6-10(2)17(9)20(18,19)14-8-12(16)7-13(15)11(14)3/h7-10H,4-6,16H2,1-3H3/t9-,10+. The van der Waals surface area contributed by atoms with E-state index in [2.05, 4.69) is 0 Å². The quantitative estimate of drug-likeness (QED) is 0.854. The highest BCUT2D eigenvalue weighted by atomic mass is 32.2. The van der Waals surface area contributed by atoms with Gasteiger partial charge in [0.2, 0.25) is 10.0 Å². The third-order valence-corrected chi connectivity index (χ3v) is 6.24. The minimum absolute atomic E-state index is 0.0180. The zero-order valence-corrected chi connectivity index (χ0v) is 12.9. The highest BCUT2D eigenvalue weighted by Crippen LogP contribution is 2.32. The van der Waals surface area contributed by atoms with Gasteiger partial charge in [0.1, 0.15) is 5.82 Å². The molecule has 1 aliphatic rings. The van der Waals surface area contributed by atoms with Crippen molar-refractivity contribution in [1.82, 2.24) is 4.31 Å². The Kier molecular flexibility index (Phi) is 4.07. The summed E-state index contributed by atoms with van der Waals surface area (Å²) in [7, 11) is -3.72. The molecule has 20 heavy (non-hydrogen) atoms. The molecule has 0 amide bonds. The number of benzene rings is 1. The maximum atomic E-state index is 13.8. The molecule has 1 aromatic carbocycles. The first-order valence-corrected chi connectivity index (χ1v) is 8.28. The average Bonchev–Trinajstić information content (AvgIpc) is 2.33. The summed E-state index contributed by atoms with van der Waals surface area (Å²) >= 11 is 0. The fraction of sp³-hybridized carbons (Fsp3) is 0.571. The fourth-order valence-corrected chi connectivity index (χ4v) is 5.08. The Labute approximate surface area is 119 Å². The van der Waals surface area contributed by atoms with Gasteiger partial charge in [0, 0.05) is 23.3 Å². The molecule has 4 nitrogen and oxygen atoms in total. The second-order valence-corrected chi connectivity index (χ2v) is 7.40. The molecule has 6 heteroatoms. The zero-order chi connectivity index (χ0) is 15.1. The molecule has 2 atom stereocenters. The van der Waals surface area contributed by atoms with Gasteiger partial charge in [0.25, 0.3) is 0 Å². The van der Waals surface area contributed by atoms with Crippen molar-refractivity contribution < 1.29 is 12.8 Å². The van der Waals surface area contributed by atoms with Crippen LogP contribution in [0.15, 0.2) is 17.0 Å². The van der Waals surface area contributed by atoms with Gasteiger partial charge in [-0.3, -0.25) is 0 Å². The van der Waals surface area contributed by atoms with Crippen LogP contribution in [0.3, 0.4) is 0 Å². The molecule has 1 saturated heterocycles. The fourth-order valence-electron chi connectivity index (χ4n) is 2.93. The number of rotatable bonds is 2. The molecule has 0 unspecified atom stereocenters. The predicted octanol–water partition coefficient (Wildman–Crippen LogP) is 2.67. The van der Waals surface area contributed by atoms with Crippen molar-refractivity contribution in [3.8, 4) is 0 Å². The molecular formula is C14H21FN2O2S. The Bertz CT molecular complexity index is 606. The zero-order valence-electron chi connectivity index (χ0n) is 12.1. The predicted molar refractivity (Wildman–Crippen MR) is 77.3 cm³/mol. The molecule has 0 spiro atoms. The van der Waals surface area contributed by atoms with Crippen LogP contribution in [-0.4, -0.2) is 24.8 Å². The van der Waals surface area contributed by atoms with E-state index in [0.29, 0.717) is 0 Å². The second kappa shape index (κ2) is 5.33. The van der Waals surface area contributed by atoms with Crippen LogP contribution in [0.25, 0.3) is 0 Å². The number of nitrogen functional groups attached to an aromatic ring is 1. The van der Waals surface area contributed by atoms with Gasteiger partial charge in [-0.2, -0.15) is 4.31 Å². The lowest BCUT2D eigenvalue weighted by Gasteiger charge is -2.38. The van der Waals surface area contributed by atoms with E-state index in [-0.39, 0.29) is 28.2 Å². The summed E-state index contributed by atoms with van der Waals surface area (Å²) in [6.07, 6.45) is 2.67.